The number of urea groups is 1. The Balaban J connectivity index is 1.27. The van der Waals surface area contributed by atoms with Crippen molar-refractivity contribution in [2.75, 3.05) is 12.3 Å². The molecule has 3 heterocycles. The summed E-state index contributed by atoms with van der Waals surface area (Å²) in [5.41, 5.74) is 9.36. The number of hydrogen-bond donors (Lipinski definition) is 3. The van der Waals surface area contributed by atoms with Crippen LogP contribution >= 0.6 is 11.6 Å². The van der Waals surface area contributed by atoms with Crippen molar-refractivity contribution in [3.63, 3.8) is 0 Å². The van der Waals surface area contributed by atoms with Gasteiger partial charge in [0, 0.05) is 18.9 Å². The zero-order valence-corrected chi connectivity index (χ0v) is 17.9. The molecule has 0 aliphatic rings. The van der Waals surface area contributed by atoms with Gasteiger partial charge in [-0.15, -0.1) is 0 Å². The Morgan fingerprint density at radius 2 is 1.97 bits per heavy atom. The fourth-order valence-electron chi connectivity index (χ4n) is 3.33. The van der Waals surface area contributed by atoms with Gasteiger partial charge in [-0.25, -0.2) is 14.5 Å². The molecule has 0 spiro atoms. The van der Waals surface area contributed by atoms with E-state index in [2.05, 4.69) is 26.8 Å². The maximum atomic E-state index is 12.1. The zero-order valence-electron chi connectivity index (χ0n) is 17.1. The number of nitrogens with one attached hydrogen (secondary N) is 2. The first kappa shape index (κ1) is 21.2. The van der Waals surface area contributed by atoms with Gasteiger partial charge in [0.2, 0.25) is 0 Å². The first-order chi connectivity index (χ1) is 15.5. The molecule has 3 aromatic heterocycles. The molecule has 1 aromatic carbocycles. The standard InChI is InChI=1S/C22H21ClN8O/c23-15-8-9-20-28-16(14-30(20)13-15)12-27-22(32)26-10-4-7-19-18(11-24)21(25)31(29-19)17-5-2-1-3-6-17/h1-3,5-6,8-9,13-14H,4,7,10,12,25H2,(H2,26,27,32). The highest BCUT2D eigenvalue weighted by atomic mass is 35.5. The van der Waals surface area contributed by atoms with Gasteiger partial charge in [0.1, 0.15) is 23.1 Å². The first-order valence-electron chi connectivity index (χ1n) is 10.0. The Morgan fingerprint density at radius 3 is 2.75 bits per heavy atom. The Hall–Kier alpha value is -4.03. The molecule has 4 rings (SSSR count). The van der Waals surface area contributed by atoms with E-state index in [9.17, 15) is 10.1 Å². The number of aryl methyl sites for hydroxylation is 1. The van der Waals surface area contributed by atoms with Crippen LogP contribution < -0.4 is 16.4 Å². The number of carbonyl (C=O) groups excluding carboxylic acids is 1. The average Bonchev–Trinajstić information content (AvgIpc) is 3.35. The van der Waals surface area contributed by atoms with Crippen LogP contribution in [0.2, 0.25) is 5.02 Å². The summed E-state index contributed by atoms with van der Waals surface area (Å²) in [4.78, 5) is 16.5. The fraction of sp³-hybridized carbons (Fsp3) is 0.182. The Labute approximate surface area is 189 Å². The van der Waals surface area contributed by atoms with Crippen LogP contribution in [0.3, 0.4) is 0 Å². The number of anilines is 1. The predicted octanol–water partition coefficient (Wildman–Crippen LogP) is 3.06. The van der Waals surface area contributed by atoms with Gasteiger partial charge in [0.15, 0.2) is 0 Å². The zero-order chi connectivity index (χ0) is 22.5. The van der Waals surface area contributed by atoms with Gasteiger partial charge in [0.25, 0.3) is 0 Å². The number of nitrogens with zero attached hydrogens (tertiary/aromatic N) is 5. The third-order valence-electron chi connectivity index (χ3n) is 4.88. The molecule has 0 unspecified atom stereocenters. The van der Waals surface area contributed by atoms with Crippen molar-refractivity contribution in [1.82, 2.24) is 29.8 Å². The van der Waals surface area contributed by atoms with E-state index in [4.69, 9.17) is 17.3 Å². The molecular weight excluding hydrogens is 428 g/mol. The lowest BCUT2D eigenvalue weighted by molar-refractivity contribution is 0.240. The summed E-state index contributed by atoms with van der Waals surface area (Å²) in [7, 11) is 0. The minimum absolute atomic E-state index is 0.293. The van der Waals surface area contributed by atoms with Crippen molar-refractivity contribution in [3.05, 3.63) is 76.8 Å². The molecule has 2 amide bonds. The topological polar surface area (TPSA) is 126 Å². The number of imidazole rings is 1. The van der Waals surface area contributed by atoms with E-state index >= 15 is 0 Å². The van der Waals surface area contributed by atoms with Crippen LogP contribution in [0.25, 0.3) is 11.3 Å². The molecule has 0 saturated carbocycles. The molecule has 0 aliphatic carbocycles. The number of rotatable bonds is 7. The molecule has 10 heteroatoms. The molecule has 9 nitrogen and oxygen atoms in total. The summed E-state index contributed by atoms with van der Waals surface area (Å²) in [6.07, 6.45) is 4.70. The highest BCUT2D eigenvalue weighted by molar-refractivity contribution is 6.30. The molecule has 0 radical (unpaired) electrons. The van der Waals surface area contributed by atoms with E-state index < -0.39 is 0 Å². The lowest BCUT2D eigenvalue weighted by atomic mass is 10.1. The summed E-state index contributed by atoms with van der Waals surface area (Å²) in [5, 5.41) is 20.2. The van der Waals surface area contributed by atoms with E-state index in [1.165, 1.54) is 0 Å². The predicted molar refractivity (Wildman–Crippen MR) is 121 cm³/mol. The van der Waals surface area contributed by atoms with Gasteiger partial charge < -0.3 is 20.8 Å². The van der Waals surface area contributed by atoms with E-state index in [0.717, 1.165) is 17.0 Å². The number of nitrogen functional groups attached to an aromatic ring is 1. The van der Waals surface area contributed by atoms with Gasteiger partial charge in [0.05, 0.1) is 28.6 Å². The SMILES string of the molecule is N#Cc1c(CCCNC(=O)NCc2cn3cc(Cl)ccc3n2)nn(-c2ccccc2)c1N. The van der Waals surface area contributed by atoms with E-state index in [1.807, 2.05) is 47.0 Å². The summed E-state index contributed by atoms with van der Waals surface area (Å²) >= 11 is 5.97. The number of nitriles is 1. The van der Waals surface area contributed by atoms with E-state index in [-0.39, 0.29) is 6.03 Å². The number of fused-ring (bicyclic) bond motifs is 1. The minimum Gasteiger partial charge on any atom is -0.382 e. The summed E-state index contributed by atoms with van der Waals surface area (Å²) in [6.45, 7) is 0.720. The number of nitrogens with two attached hydrogens (primary N) is 1. The maximum absolute atomic E-state index is 12.1. The fourth-order valence-corrected chi connectivity index (χ4v) is 3.50. The van der Waals surface area contributed by atoms with Gasteiger partial charge in [-0.05, 0) is 37.1 Å². The molecular formula is C22H21ClN8O. The number of para-hydroxylation sites is 1. The van der Waals surface area contributed by atoms with Crippen molar-refractivity contribution in [2.45, 2.75) is 19.4 Å². The molecule has 32 heavy (non-hydrogen) atoms. The second-order valence-corrected chi connectivity index (χ2v) is 7.56. The second-order valence-electron chi connectivity index (χ2n) is 7.12. The van der Waals surface area contributed by atoms with Crippen LogP contribution in [0, 0.1) is 11.3 Å². The Morgan fingerprint density at radius 1 is 1.16 bits per heavy atom. The minimum atomic E-state index is -0.296. The molecule has 0 aliphatic heterocycles. The lowest BCUT2D eigenvalue weighted by Gasteiger charge is -2.06. The molecule has 4 aromatic rings. The number of aromatic nitrogens is 4. The highest BCUT2D eigenvalue weighted by Crippen LogP contribution is 2.21. The molecule has 162 valence electrons. The van der Waals surface area contributed by atoms with Gasteiger partial charge >= 0.3 is 6.03 Å². The van der Waals surface area contributed by atoms with Gasteiger partial charge in [-0.2, -0.15) is 10.4 Å². The van der Waals surface area contributed by atoms with Crippen LogP contribution in [-0.2, 0) is 13.0 Å². The maximum Gasteiger partial charge on any atom is 0.315 e. The lowest BCUT2D eigenvalue weighted by Crippen LogP contribution is -2.35. The third kappa shape index (κ3) is 4.66. The summed E-state index contributed by atoms with van der Waals surface area (Å²) < 4.78 is 3.38. The normalized spacial score (nSPS) is 10.8. The number of benzene rings is 1. The van der Waals surface area contributed by atoms with E-state index in [0.29, 0.717) is 48.0 Å². The van der Waals surface area contributed by atoms with Gasteiger partial charge in [-0.1, -0.05) is 29.8 Å². The Bertz CT molecular complexity index is 1290. The Kier molecular flexibility index (Phi) is 6.24. The molecule has 0 bridgehead atoms. The number of halogens is 1. The second kappa shape index (κ2) is 9.41. The van der Waals surface area contributed by atoms with Crippen LogP contribution in [0.5, 0.6) is 0 Å². The summed E-state index contributed by atoms with van der Waals surface area (Å²) in [5.74, 6) is 0.313. The first-order valence-corrected chi connectivity index (χ1v) is 10.4. The van der Waals surface area contributed by atoms with Crippen LogP contribution in [-0.4, -0.2) is 31.7 Å². The van der Waals surface area contributed by atoms with Crippen molar-refractivity contribution >= 4 is 29.1 Å². The molecule has 4 N–H and O–H groups in total. The van der Waals surface area contributed by atoms with E-state index in [1.54, 1.807) is 16.9 Å². The quantitative estimate of drug-likeness (QED) is 0.374. The molecule has 0 saturated heterocycles. The van der Waals surface area contributed by atoms with Crippen molar-refractivity contribution in [1.29, 1.82) is 5.26 Å². The van der Waals surface area contributed by atoms with Crippen molar-refractivity contribution < 1.29 is 4.79 Å². The number of hydrogen-bond acceptors (Lipinski definition) is 5. The van der Waals surface area contributed by atoms with Crippen LogP contribution in [0.15, 0.2) is 54.9 Å². The van der Waals surface area contributed by atoms with Crippen molar-refractivity contribution in [2.24, 2.45) is 0 Å². The highest BCUT2D eigenvalue weighted by Gasteiger charge is 2.16. The number of pyridine rings is 1. The van der Waals surface area contributed by atoms with Crippen molar-refractivity contribution in [3.8, 4) is 11.8 Å². The monoisotopic (exact) mass is 448 g/mol. The number of carbonyl (C=O) groups is 1. The number of amides is 2. The third-order valence-corrected chi connectivity index (χ3v) is 5.10. The largest absolute Gasteiger partial charge is 0.382 e. The smallest absolute Gasteiger partial charge is 0.315 e. The van der Waals surface area contributed by atoms with Gasteiger partial charge in [-0.3, -0.25) is 0 Å². The van der Waals surface area contributed by atoms with Crippen LogP contribution in [0.4, 0.5) is 10.6 Å². The average molecular weight is 449 g/mol. The summed E-state index contributed by atoms with van der Waals surface area (Å²) in [6, 6.07) is 14.8. The molecule has 0 fully saturated rings. The van der Waals surface area contributed by atoms with Crippen LogP contribution in [0.1, 0.15) is 23.4 Å². The molecule has 0 atom stereocenters.